The molecule has 0 aromatic heterocycles. The Hall–Kier alpha value is -1.93. The fourth-order valence-electron chi connectivity index (χ4n) is 2.53. The SMILES string of the molecule is C[C@H](c1ccccc1)N1CC1C(=O)c1ccccc1. The number of hydrogen-bond donors (Lipinski definition) is 0. The molecular formula is C17H17NO. The molecule has 3 atom stereocenters. The summed E-state index contributed by atoms with van der Waals surface area (Å²) in [5, 5.41) is 0. The Morgan fingerprint density at radius 2 is 1.63 bits per heavy atom. The summed E-state index contributed by atoms with van der Waals surface area (Å²) >= 11 is 0. The molecule has 1 saturated heterocycles. The quantitative estimate of drug-likeness (QED) is 0.613. The Bertz CT molecular complexity index is 564. The smallest absolute Gasteiger partial charge is 0.181 e. The maximum absolute atomic E-state index is 12.3. The molecule has 2 aromatic carbocycles. The molecule has 96 valence electrons. The van der Waals surface area contributed by atoms with Gasteiger partial charge in [-0.3, -0.25) is 9.69 Å². The van der Waals surface area contributed by atoms with E-state index in [1.54, 1.807) is 0 Å². The van der Waals surface area contributed by atoms with Gasteiger partial charge in [-0.05, 0) is 12.5 Å². The molecule has 2 heteroatoms. The van der Waals surface area contributed by atoms with Crippen molar-refractivity contribution in [3.63, 3.8) is 0 Å². The lowest BCUT2D eigenvalue weighted by Crippen LogP contribution is -2.16. The molecule has 0 amide bonds. The number of nitrogens with zero attached hydrogens (tertiary/aromatic N) is 1. The summed E-state index contributed by atoms with van der Waals surface area (Å²) in [6.07, 6.45) is 0. The summed E-state index contributed by atoms with van der Waals surface area (Å²) in [7, 11) is 0. The zero-order chi connectivity index (χ0) is 13.2. The number of carbonyl (C=O) groups is 1. The van der Waals surface area contributed by atoms with E-state index in [2.05, 4.69) is 24.0 Å². The average molecular weight is 251 g/mol. The highest BCUT2D eigenvalue weighted by molar-refractivity contribution is 6.02. The number of benzene rings is 2. The summed E-state index contributed by atoms with van der Waals surface area (Å²) in [4.78, 5) is 14.6. The standard InChI is InChI=1S/C17H17NO/c1-13(14-8-4-2-5-9-14)18-12-16(18)17(19)15-10-6-3-7-11-15/h2-11,13,16H,12H2,1H3/t13-,16?,18?/m1/s1. The Morgan fingerprint density at radius 3 is 2.26 bits per heavy atom. The molecule has 2 aromatic rings. The van der Waals surface area contributed by atoms with Crippen molar-refractivity contribution in [3.8, 4) is 0 Å². The van der Waals surface area contributed by atoms with Crippen molar-refractivity contribution >= 4 is 5.78 Å². The van der Waals surface area contributed by atoms with Crippen LogP contribution in [-0.2, 0) is 0 Å². The van der Waals surface area contributed by atoms with Gasteiger partial charge < -0.3 is 0 Å². The molecule has 1 heterocycles. The third-order valence-electron chi connectivity index (χ3n) is 3.79. The first-order chi connectivity index (χ1) is 9.27. The van der Waals surface area contributed by atoms with Crippen LogP contribution in [0.3, 0.4) is 0 Å². The molecule has 0 N–H and O–H groups in total. The molecule has 0 saturated carbocycles. The molecule has 2 nitrogen and oxygen atoms in total. The van der Waals surface area contributed by atoms with Crippen LogP contribution in [0, 0.1) is 0 Å². The Kier molecular flexibility index (Phi) is 3.18. The lowest BCUT2D eigenvalue weighted by atomic mass is 10.1. The second kappa shape index (κ2) is 4.98. The molecule has 0 bridgehead atoms. The number of carbonyl (C=O) groups excluding carboxylic acids is 1. The van der Waals surface area contributed by atoms with Crippen LogP contribution in [-0.4, -0.2) is 23.3 Å². The molecule has 19 heavy (non-hydrogen) atoms. The molecular weight excluding hydrogens is 234 g/mol. The zero-order valence-electron chi connectivity index (χ0n) is 11.0. The van der Waals surface area contributed by atoms with E-state index in [1.165, 1.54) is 5.56 Å². The van der Waals surface area contributed by atoms with Crippen LogP contribution in [0.1, 0.15) is 28.9 Å². The van der Waals surface area contributed by atoms with Crippen molar-refractivity contribution in [2.45, 2.75) is 19.0 Å². The second-order valence-corrected chi connectivity index (χ2v) is 5.03. The number of Topliss-reactive ketones (excluding diaryl/α,β-unsaturated/α-hetero) is 1. The molecule has 1 fully saturated rings. The number of ketones is 1. The third-order valence-corrected chi connectivity index (χ3v) is 3.79. The maximum atomic E-state index is 12.3. The predicted octanol–water partition coefficient (Wildman–Crippen LogP) is 3.31. The largest absolute Gasteiger partial charge is 0.292 e. The lowest BCUT2D eigenvalue weighted by Gasteiger charge is -2.14. The zero-order valence-corrected chi connectivity index (χ0v) is 11.0. The first-order valence-corrected chi connectivity index (χ1v) is 6.67. The molecule has 3 rings (SSSR count). The predicted molar refractivity (Wildman–Crippen MR) is 76.1 cm³/mol. The van der Waals surface area contributed by atoms with E-state index in [0.717, 1.165) is 12.1 Å². The van der Waals surface area contributed by atoms with Crippen LogP contribution in [0.4, 0.5) is 0 Å². The number of hydrogen-bond acceptors (Lipinski definition) is 2. The van der Waals surface area contributed by atoms with Gasteiger partial charge in [0.2, 0.25) is 0 Å². The molecule has 2 unspecified atom stereocenters. The van der Waals surface area contributed by atoms with Crippen molar-refractivity contribution in [1.29, 1.82) is 0 Å². The van der Waals surface area contributed by atoms with Gasteiger partial charge in [-0.15, -0.1) is 0 Å². The Morgan fingerprint density at radius 1 is 1.05 bits per heavy atom. The van der Waals surface area contributed by atoms with Gasteiger partial charge in [0, 0.05) is 18.2 Å². The van der Waals surface area contributed by atoms with Crippen LogP contribution in [0.25, 0.3) is 0 Å². The molecule has 0 aliphatic carbocycles. The van der Waals surface area contributed by atoms with Gasteiger partial charge in [-0.1, -0.05) is 60.7 Å². The molecule has 1 aliphatic rings. The van der Waals surface area contributed by atoms with Crippen molar-refractivity contribution in [3.05, 3.63) is 71.8 Å². The van der Waals surface area contributed by atoms with E-state index in [1.807, 2.05) is 48.5 Å². The van der Waals surface area contributed by atoms with Gasteiger partial charge in [0.15, 0.2) is 5.78 Å². The molecule has 0 radical (unpaired) electrons. The summed E-state index contributed by atoms with van der Waals surface area (Å²) in [6.45, 7) is 3.03. The van der Waals surface area contributed by atoms with E-state index < -0.39 is 0 Å². The third kappa shape index (κ3) is 2.45. The van der Waals surface area contributed by atoms with E-state index in [-0.39, 0.29) is 11.8 Å². The van der Waals surface area contributed by atoms with Crippen LogP contribution < -0.4 is 0 Å². The topological polar surface area (TPSA) is 20.1 Å². The van der Waals surface area contributed by atoms with E-state index in [0.29, 0.717) is 6.04 Å². The lowest BCUT2D eigenvalue weighted by molar-refractivity contribution is 0.0969. The van der Waals surface area contributed by atoms with Crippen molar-refractivity contribution in [2.24, 2.45) is 0 Å². The van der Waals surface area contributed by atoms with Gasteiger partial charge in [0.1, 0.15) is 0 Å². The van der Waals surface area contributed by atoms with Crippen LogP contribution >= 0.6 is 0 Å². The summed E-state index contributed by atoms with van der Waals surface area (Å²) in [5.74, 6) is 0.239. The van der Waals surface area contributed by atoms with Crippen molar-refractivity contribution in [2.75, 3.05) is 6.54 Å². The monoisotopic (exact) mass is 251 g/mol. The average Bonchev–Trinajstić information content (AvgIpc) is 3.28. The van der Waals surface area contributed by atoms with Crippen LogP contribution in [0.5, 0.6) is 0 Å². The Balaban J connectivity index is 1.70. The van der Waals surface area contributed by atoms with Gasteiger partial charge in [0.05, 0.1) is 6.04 Å². The van der Waals surface area contributed by atoms with E-state index in [9.17, 15) is 4.79 Å². The van der Waals surface area contributed by atoms with Crippen LogP contribution in [0.2, 0.25) is 0 Å². The first kappa shape index (κ1) is 12.1. The van der Waals surface area contributed by atoms with Crippen molar-refractivity contribution < 1.29 is 4.79 Å². The van der Waals surface area contributed by atoms with Gasteiger partial charge in [-0.2, -0.15) is 0 Å². The summed E-state index contributed by atoms with van der Waals surface area (Å²) < 4.78 is 0. The highest BCUT2D eigenvalue weighted by Crippen LogP contribution is 2.33. The number of rotatable bonds is 4. The van der Waals surface area contributed by atoms with E-state index in [4.69, 9.17) is 0 Å². The van der Waals surface area contributed by atoms with E-state index >= 15 is 0 Å². The van der Waals surface area contributed by atoms with Gasteiger partial charge in [-0.25, -0.2) is 0 Å². The first-order valence-electron chi connectivity index (χ1n) is 6.67. The fourth-order valence-corrected chi connectivity index (χ4v) is 2.53. The minimum absolute atomic E-state index is 0.0533. The summed E-state index contributed by atoms with van der Waals surface area (Å²) in [6, 6.07) is 20.3. The van der Waals surface area contributed by atoms with Gasteiger partial charge in [0.25, 0.3) is 0 Å². The minimum Gasteiger partial charge on any atom is -0.292 e. The fraction of sp³-hybridized carbons (Fsp3) is 0.235. The minimum atomic E-state index is 0.0533. The highest BCUT2D eigenvalue weighted by atomic mass is 16.1. The highest BCUT2D eigenvalue weighted by Gasteiger charge is 2.43. The summed E-state index contributed by atoms with van der Waals surface area (Å²) in [5.41, 5.74) is 2.08. The van der Waals surface area contributed by atoms with Gasteiger partial charge >= 0.3 is 0 Å². The molecule has 0 spiro atoms. The maximum Gasteiger partial charge on any atom is 0.181 e. The normalized spacial score (nSPS) is 22.8. The Labute approximate surface area is 113 Å². The molecule has 1 aliphatic heterocycles. The van der Waals surface area contributed by atoms with Crippen LogP contribution in [0.15, 0.2) is 60.7 Å². The van der Waals surface area contributed by atoms with Crippen molar-refractivity contribution in [1.82, 2.24) is 4.90 Å². The second-order valence-electron chi connectivity index (χ2n) is 5.03.